The van der Waals surface area contributed by atoms with E-state index in [0.717, 1.165) is 7.05 Å². The molecule has 80 valence electrons. The Morgan fingerprint density at radius 3 is 1.77 bits per heavy atom. The molecule has 0 rings (SSSR count). The molecule has 0 unspecified atom stereocenters. The molecule has 0 aromatic heterocycles. The Bertz CT molecular complexity index is 343. The molecule has 0 aromatic rings. The molecule has 0 amide bonds. The van der Waals surface area contributed by atoms with Gasteiger partial charge in [-0.2, -0.15) is 0 Å². The minimum absolute atomic E-state index is 0.136. The molecule has 0 saturated carbocycles. The lowest BCUT2D eigenvalue weighted by Crippen LogP contribution is -2.35. The molecular weight excluding hydrogens is 214 g/mol. The SMILES string of the molecule is CCCS(=O)(=O)N(C)S(=O)(=O)CC. The molecule has 0 fully saturated rings. The molecular formula is C6H15NO4S2. The zero-order valence-corrected chi connectivity index (χ0v) is 9.65. The molecule has 0 heterocycles. The highest BCUT2D eigenvalue weighted by Crippen LogP contribution is 2.07. The van der Waals surface area contributed by atoms with Crippen molar-refractivity contribution in [2.75, 3.05) is 18.6 Å². The maximum absolute atomic E-state index is 11.3. The van der Waals surface area contributed by atoms with E-state index in [4.69, 9.17) is 0 Å². The fourth-order valence-corrected chi connectivity index (χ4v) is 3.80. The lowest BCUT2D eigenvalue weighted by molar-refractivity contribution is 0.526. The zero-order chi connectivity index (χ0) is 10.7. The van der Waals surface area contributed by atoms with E-state index in [2.05, 4.69) is 0 Å². The smallest absolute Gasteiger partial charge is 0.211 e. The summed E-state index contributed by atoms with van der Waals surface area (Å²) in [7, 11) is -6.19. The molecule has 7 heteroatoms. The Morgan fingerprint density at radius 1 is 1.00 bits per heavy atom. The third-order valence-corrected chi connectivity index (χ3v) is 6.19. The maximum atomic E-state index is 11.3. The van der Waals surface area contributed by atoms with Crippen molar-refractivity contribution < 1.29 is 16.8 Å². The van der Waals surface area contributed by atoms with Crippen LogP contribution in [0.5, 0.6) is 0 Å². The fraction of sp³-hybridized carbons (Fsp3) is 1.00. The Balaban J connectivity index is 4.91. The zero-order valence-electron chi connectivity index (χ0n) is 8.02. The third-order valence-electron chi connectivity index (χ3n) is 1.61. The summed E-state index contributed by atoms with van der Waals surface area (Å²) in [5.41, 5.74) is 0. The Labute approximate surface area is 79.8 Å². The van der Waals surface area contributed by atoms with Gasteiger partial charge in [0, 0.05) is 7.05 Å². The molecule has 0 aliphatic heterocycles. The van der Waals surface area contributed by atoms with Crippen LogP contribution in [0.15, 0.2) is 0 Å². The second-order valence-corrected chi connectivity index (χ2v) is 7.24. The van der Waals surface area contributed by atoms with Crippen molar-refractivity contribution >= 4 is 20.0 Å². The van der Waals surface area contributed by atoms with Crippen LogP contribution < -0.4 is 0 Å². The molecule has 0 spiro atoms. The molecule has 0 atom stereocenters. The molecule has 13 heavy (non-hydrogen) atoms. The highest BCUT2D eigenvalue weighted by molar-refractivity contribution is 8.03. The van der Waals surface area contributed by atoms with E-state index < -0.39 is 20.0 Å². The summed E-state index contributed by atoms with van der Waals surface area (Å²) in [6.07, 6.45) is 0.409. The molecule has 0 aliphatic carbocycles. The summed E-state index contributed by atoms with van der Waals surface area (Å²) in [6, 6.07) is 0. The predicted octanol–water partition coefficient (Wildman–Crippen LogP) is 0.00770. The Hall–Kier alpha value is -0.140. The number of nitrogens with zero attached hydrogens (tertiary/aromatic N) is 1. The van der Waals surface area contributed by atoms with Crippen molar-refractivity contribution in [3.8, 4) is 0 Å². The van der Waals surface area contributed by atoms with Gasteiger partial charge >= 0.3 is 0 Å². The number of hydrogen-bond donors (Lipinski definition) is 0. The lowest BCUT2D eigenvalue weighted by atomic mass is 10.6. The normalized spacial score (nSPS) is 13.5. The van der Waals surface area contributed by atoms with Crippen molar-refractivity contribution in [2.24, 2.45) is 0 Å². The number of hydrogen-bond acceptors (Lipinski definition) is 4. The van der Waals surface area contributed by atoms with Crippen LogP contribution in [0.2, 0.25) is 0 Å². The molecule has 0 N–H and O–H groups in total. The average Bonchev–Trinajstić information content (AvgIpc) is 2.03. The van der Waals surface area contributed by atoms with Crippen LogP contribution in [-0.2, 0) is 20.0 Å². The van der Waals surface area contributed by atoms with Gasteiger partial charge in [0.2, 0.25) is 20.0 Å². The van der Waals surface area contributed by atoms with E-state index in [-0.39, 0.29) is 11.5 Å². The van der Waals surface area contributed by atoms with E-state index in [1.165, 1.54) is 6.92 Å². The van der Waals surface area contributed by atoms with E-state index >= 15 is 0 Å². The van der Waals surface area contributed by atoms with Gasteiger partial charge in [0.15, 0.2) is 0 Å². The second-order valence-electron chi connectivity index (χ2n) is 2.60. The van der Waals surface area contributed by atoms with Crippen molar-refractivity contribution in [1.82, 2.24) is 3.71 Å². The van der Waals surface area contributed by atoms with Gasteiger partial charge in [0.25, 0.3) is 0 Å². The Morgan fingerprint density at radius 2 is 1.46 bits per heavy atom. The fourth-order valence-electron chi connectivity index (χ4n) is 0.741. The second kappa shape index (κ2) is 4.39. The van der Waals surface area contributed by atoms with Gasteiger partial charge in [0.05, 0.1) is 11.5 Å². The van der Waals surface area contributed by atoms with E-state index in [1.807, 2.05) is 0 Å². The minimum Gasteiger partial charge on any atom is -0.211 e. The predicted molar refractivity (Wildman–Crippen MR) is 51.3 cm³/mol. The monoisotopic (exact) mass is 229 g/mol. The maximum Gasteiger partial charge on any atom is 0.226 e. The lowest BCUT2D eigenvalue weighted by Gasteiger charge is -2.15. The standard InChI is InChI=1S/C6H15NO4S2/c1-4-6-13(10,11)7(3)12(8,9)5-2/h4-6H2,1-3H3. The number of sulfonamides is 2. The van der Waals surface area contributed by atoms with Crippen LogP contribution in [-0.4, -0.2) is 39.1 Å². The quantitative estimate of drug-likeness (QED) is 0.665. The summed E-state index contributed by atoms with van der Waals surface area (Å²) in [4.78, 5) is 0. The van der Waals surface area contributed by atoms with Gasteiger partial charge in [-0.05, 0) is 13.3 Å². The topological polar surface area (TPSA) is 71.5 Å². The van der Waals surface area contributed by atoms with Crippen molar-refractivity contribution in [1.29, 1.82) is 0 Å². The first kappa shape index (κ1) is 12.9. The van der Waals surface area contributed by atoms with Gasteiger partial charge in [-0.3, -0.25) is 0 Å². The van der Waals surface area contributed by atoms with Crippen LogP contribution in [0.25, 0.3) is 0 Å². The molecule has 0 bridgehead atoms. The van der Waals surface area contributed by atoms with Crippen LogP contribution in [0.4, 0.5) is 0 Å². The molecule has 5 nitrogen and oxygen atoms in total. The molecule has 0 aliphatic rings. The van der Waals surface area contributed by atoms with Gasteiger partial charge in [-0.25, -0.2) is 16.8 Å². The summed E-state index contributed by atoms with van der Waals surface area (Å²) in [5, 5.41) is 0. The van der Waals surface area contributed by atoms with E-state index in [0.29, 0.717) is 10.1 Å². The molecule has 0 aromatic carbocycles. The molecule has 0 saturated heterocycles. The van der Waals surface area contributed by atoms with Gasteiger partial charge < -0.3 is 0 Å². The summed E-state index contributed by atoms with van der Waals surface area (Å²) in [6.45, 7) is 3.09. The first-order chi connectivity index (χ1) is 5.78. The van der Waals surface area contributed by atoms with Crippen LogP contribution in [0, 0.1) is 0 Å². The van der Waals surface area contributed by atoms with Crippen LogP contribution in [0.3, 0.4) is 0 Å². The van der Waals surface area contributed by atoms with Crippen molar-refractivity contribution in [2.45, 2.75) is 20.3 Å². The first-order valence-corrected chi connectivity index (χ1v) is 7.19. The van der Waals surface area contributed by atoms with Crippen LogP contribution in [0.1, 0.15) is 20.3 Å². The first-order valence-electron chi connectivity index (χ1n) is 3.97. The highest BCUT2D eigenvalue weighted by Gasteiger charge is 2.27. The van der Waals surface area contributed by atoms with Crippen molar-refractivity contribution in [3.05, 3.63) is 0 Å². The van der Waals surface area contributed by atoms with Gasteiger partial charge in [-0.15, -0.1) is 0 Å². The van der Waals surface area contributed by atoms with Gasteiger partial charge in [0.1, 0.15) is 0 Å². The average molecular weight is 229 g/mol. The van der Waals surface area contributed by atoms with Crippen LogP contribution >= 0.6 is 0 Å². The molecule has 0 radical (unpaired) electrons. The van der Waals surface area contributed by atoms with E-state index in [1.54, 1.807) is 6.92 Å². The van der Waals surface area contributed by atoms with E-state index in [9.17, 15) is 16.8 Å². The number of rotatable bonds is 5. The minimum atomic E-state index is -3.63. The van der Waals surface area contributed by atoms with Gasteiger partial charge in [-0.1, -0.05) is 10.6 Å². The van der Waals surface area contributed by atoms with Crippen molar-refractivity contribution in [3.63, 3.8) is 0 Å². The largest absolute Gasteiger partial charge is 0.226 e. The summed E-state index contributed by atoms with van der Waals surface area (Å²) in [5.74, 6) is -0.338. The highest BCUT2D eigenvalue weighted by atomic mass is 32.3. The third kappa shape index (κ3) is 3.24. The summed E-state index contributed by atoms with van der Waals surface area (Å²) >= 11 is 0. The Kier molecular flexibility index (Phi) is 4.34. The summed E-state index contributed by atoms with van der Waals surface area (Å²) < 4.78 is 45.4.